The molecule has 0 saturated heterocycles. The predicted molar refractivity (Wildman–Crippen MR) is 146 cm³/mol. The van der Waals surface area contributed by atoms with Crippen molar-refractivity contribution in [2.75, 3.05) is 11.9 Å². The van der Waals surface area contributed by atoms with Gasteiger partial charge in [0.2, 0.25) is 0 Å². The van der Waals surface area contributed by atoms with E-state index >= 15 is 0 Å². The van der Waals surface area contributed by atoms with E-state index in [9.17, 15) is 21.2 Å². The summed E-state index contributed by atoms with van der Waals surface area (Å²) in [6.07, 6.45) is 3.40. The highest BCUT2D eigenvalue weighted by Crippen LogP contribution is 2.28. The van der Waals surface area contributed by atoms with Crippen molar-refractivity contribution < 1.29 is 25.8 Å². The zero-order valence-corrected chi connectivity index (χ0v) is 22.9. The van der Waals surface area contributed by atoms with Crippen molar-refractivity contribution in [2.24, 2.45) is 0 Å². The summed E-state index contributed by atoms with van der Waals surface area (Å²) in [6.45, 7) is 3.22. The fourth-order valence-corrected chi connectivity index (χ4v) is 6.52. The summed E-state index contributed by atoms with van der Waals surface area (Å²) in [5.41, 5.74) is -0.369. The number of halogens is 1. The molecule has 10 heteroatoms. The van der Waals surface area contributed by atoms with Crippen molar-refractivity contribution in [3.8, 4) is 0 Å². The van der Waals surface area contributed by atoms with Crippen LogP contribution in [0.1, 0.15) is 20.0 Å². The molecule has 0 aliphatic heterocycles. The van der Waals surface area contributed by atoms with Gasteiger partial charge in [-0.1, -0.05) is 60.7 Å². The van der Waals surface area contributed by atoms with Gasteiger partial charge < -0.3 is 9.03 Å². The molecule has 0 spiro atoms. The van der Waals surface area contributed by atoms with Crippen molar-refractivity contribution in [3.05, 3.63) is 126 Å². The van der Waals surface area contributed by atoms with Crippen molar-refractivity contribution in [1.29, 1.82) is 0 Å². The number of anilines is 1. The second-order valence-electron chi connectivity index (χ2n) is 8.86. The maximum Gasteiger partial charge on any atom is 0.267 e. The average molecular weight is 556 g/mol. The molecule has 1 unspecified atom stereocenters. The molecule has 7 nitrogen and oxygen atoms in total. The van der Waals surface area contributed by atoms with Crippen LogP contribution in [0.4, 0.5) is 10.1 Å². The van der Waals surface area contributed by atoms with E-state index in [1.165, 1.54) is 48.5 Å². The van der Waals surface area contributed by atoms with Gasteiger partial charge in [-0.05, 0) is 50.2 Å². The molecule has 0 fully saturated rings. The zero-order valence-electron chi connectivity index (χ0n) is 21.3. The molecule has 0 aliphatic rings. The monoisotopic (exact) mass is 555 g/mol. The third-order valence-corrected chi connectivity index (χ3v) is 8.75. The summed E-state index contributed by atoms with van der Waals surface area (Å²) in [6, 6.07) is 30.0. The van der Waals surface area contributed by atoms with E-state index in [0.29, 0.717) is 0 Å². The van der Waals surface area contributed by atoms with E-state index in [4.69, 9.17) is 0 Å². The van der Waals surface area contributed by atoms with Crippen LogP contribution in [-0.2, 0) is 20.0 Å². The topological polar surface area (TPSA) is 89.5 Å². The Hall–Kier alpha value is -3.60. The van der Waals surface area contributed by atoms with Gasteiger partial charge in [0.05, 0.1) is 0 Å². The van der Waals surface area contributed by atoms with E-state index in [1.54, 1.807) is 26.0 Å². The summed E-state index contributed by atoms with van der Waals surface area (Å²) in [4.78, 5) is 1.64. The Kier molecular flexibility index (Phi) is 9.37. The van der Waals surface area contributed by atoms with E-state index in [-0.39, 0.29) is 9.79 Å². The van der Waals surface area contributed by atoms with Gasteiger partial charge in [0.15, 0.2) is 18.1 Å². The molecule has 3 aromatic carbocycles. The predicted octanol–water partition coefficient (Wildman–Crippen LogP) is 5.50. The first-order valence-corrected chi connectivity index (χ1v) is 14.6. The molecule has 0 bridgehead atoms. The lowest BCUT2D eigenvalue weighted by atomic mass is 10.1. The van der Waals surface area contributed by atoms with Crippen LogP contribution in [0.3, 0.4) is 0 Å². The number of para-hydroxylation sites is 1. The molecule has 0 radical (unpaired) electrons. The van der Waals surface area contributed by atoms with E-state index in [1.807, 2.05) is 77.4 Å². The molecule has 0 N–H and O–H groups in total. The number of aromatic nitrogens is 1. The minimum Gasteiger partial charge on any atom is -0.428 e. The molecule has 0 amide bonds. The Morgan fingerprint density at radius 3 is 1.45 bits per heavy atom. The summed E-state index contributed by atoms with van der Waals surface area (Å²) >= 11 is 0. The minimum atomic E-state index is -4.23. The average Bonchev–Trinajstić information content (AvgIpc) is 2.90. The molecule has 4 rings (SSSR count). The number of pyridine rings is 1. The number of nitrogens with zero attached hydrogens (tertiary/aromatic N) is 3. The van der Waals surface area contributed by atoms with Gasteiger partial charge in [0.1, 0.15) is 20.0 Å². The van der Waals surface area contributed by atoms with Gasteiger partial charge >= 0.3 is 0 Å². The van der Waals surface area contributed by atoms with Crippen molar-refractivity contribution in [1.82, 2.24) is 0 Å². The first-order chi connectivity index (χ1) is 17.9. The van der Waals surface area contributed by atoms with Crippen LogP contribution in [0.25, 0.3) is 4.13 Å². The highest BCUT2D eigenvalue weighted by atomic mass is 32.3. The quantitative estimate of drug-likeness (QED) is 0.268. The Morgan fingerprint density at radius 1 is 0.684 bits per heavy atom. The van der Waals surface area contributed by atoms with E-state index in [2.05, 4.69) is 4.13 Å². The Morgan fingerprint density at radius 2 is 1.05 bits per heavy atom. The van der Waals surface area contributed by atoms with Crippen LogP contribution >= 0.6 is 0 Å². The molecule has 1 aromatic heterocycles. The highest BCUT2D eigenvalue weighted by molar-refractivity contribution is 8.12. The summed E-state index contributed by atoms with van der Waals surface area (Å²) in [7, 11) is -6.54. The van der Waals surface area contributed by atoms with Crippen molar-refractivity contribution in [3.63, 3.8) is 0 Å². The fourth-order valence-electron chi connectivity index (χ4n) is 3.79. The van der Waals surface area contributed by atoms with Gasteiger partial charge in [0.25, 0.3) is 6.17 Å². The second-order valence-corrected chi connectivity index (χ2v) is 12.3. The summed E-state index contributed by atoms with van der Waals surface area (Å²) in [5, 5.41) is 0. The molecule has 0 aliphatic carbocycles. The fraction of sp³-hybridized carbons (Fsp3) is 0.179. The number of hydrogen-bond donors (Lipinski definition) is 0. The molecule has 200 valence electrons. The summed E-state index contributed by atoms with van der Waals surface area (Å²) < 4.78 is 67.0. The van der Waals surface area contributed by atoms with Crippen LogP contribution in [0, 0.1) is 0 Å². The lowest BCUT2D eigenvalue weighted by Crippen LogP contribution is -2.56. The van der Waals surface area contributed by atoms with Gasteiger partial charge in [-0.2, -0.15) is 4.57 Å². The number of rotatable bonds is 8. The lowest BCUT2D eigenvalue weighted by molar-refractivity contribution is -0.733. The lowest BCUT2D eigenvalue weighted by Gasteiger charge is -2.31. The molecule has 38 heavy (non-hydrogen) atoms. The van der Waals surface area contributed by atoms with Gasteiger partial charge in [-0.3, -0.25) is 0 Å². The molecular formula is C28H30FN3O4S2. The smallest absolute Gasteiger partial charge is 0.267 e. The first kappa shape index (κ1) is 29.0. The standard InChI is InChI=1S/C16H20FN2.C12H10NO4S2/c1-16(2,17)15(19-12-8-5-9-13-19)18(3)14-10-6-4-7-11-14;14-18(15,11-7-3-1-4-8-11)13-19(16,17)12-9-5-2-6-10-12/h4-13,15H,1-3H3;1-10H/q+1;-1. The van der Waals surface area contributed by atoms with E-state index < -0.39 is 31.9 Å². The number of alkyl halides is 1. The molecule has 4 aromatic rings. The first-order valence-electron chi connectivity index (χ1n) is 11.7. The largest absolute Gasteiger partial charge is 0.428 e. The van der Waals surface area contributed by atoms with Gasteiger partial charge in [-0.25, -0.2) is 21.2 Å². The van der Waals surface area contributed by atoms with Crippen LogP contribution in [-0.4, -0.2) is 29.6 Å². The Bertz CT molecular complexity index is 1430. The SMILES string of the molecule is CN(c1ccccc1)C([n+]1ccccc1)C(C)(C)F.O=S(=O)([N-]S(=O)(=O)c1ccccc1)c1ccccc1. The number of benzene rings is 3. The molecule has 1 atom stereocenters. The Balaban J connectivity index is 0.000000211. The third kappa shape index (κ3) is 7.70. The van der Waals surface area contributed by atoms with Gasteiger partial charge in [-0.15, -0.1) is 0 Å². The summed E-state index contributed by atoms with van der Waals surface area (Å²) in [5.74, 6) is 0. The maximum absolute atomic E-state index is 14.6. The third-order valence-electron chi connectivity index (χ3n) is 5.44. The molecule has 0 saturated carbocycles. The highest BCUT2D eigenvalue weighted by Gasteiger charge is 2.40. The van der Waals surface area contributed by atoms with Crippen LogP contribution in [0.15, 0.2) is 131 Å². The zero-order chi connectivity index (χ0) is 27.8. The second kappa shape index (κ2) is 12.3. The molecule has 1 heterocycles. The van der Waals surface area contributed by atoms with Crippen LogP contribution in [0.5, 0.6) is 0 Å². The van der Waals surface area contributed by atoms with Gasteiger partial charge in [0, 0.05) is 34.7 Å². The Labute approximate surface area is 224 Å². The minimum absolute atomic E-state index is 0.158. The van der Waals surface area contributed by atoms with Crippen LogP contribution < -0.4 is 9.47 Å². The van der Waals surface area contributed by atoms with Crippen LogP contribution in [0.2, 0.25) is 0 Å². The number of hydrogen-bond acceptors (Lipinski definition) is 5. The normalized spacial score (nSPS) is 12.6. The molecular weight excluding hydrogens is 525 g/mol. The number of sulfonamides is 2. The van der Waals surface area contributed by atoms with Crippen molar-refractivity contribution >= 4 is 25.7 Å². The van der Waals surface area contributed by atoms with Crippen molar-refractivity contribution in [2.45, 2.75) is 35.5 Å². The maximum atomic E-state index is 14.6. The van der Waals surface area contributed by atoms with E-state index in [0.717, 1.165) is 5.69 Å².